The van der Waals surface area contributed by atoms with Gasteiger partial charge in [-0.1, -0.05) is 25.5 Å². The lowest BCUT2D eigenvalue weighted by Crippen LogP contribution is -2.58. The van der Waals surface area contributed by atoms with Crippen LogP contribution >= 0.6 is 12.2 Å². The average Bonchev–Trinajstić information content (AvgIpc) is 2.67. The predicted octanol–water partition coefficient (Wildman–Crippen LogP) is 2.54. The third-order valence-electron chi connectivity index (χ3n) is 5.24. The van der Waals surface area contributed by atoms with Crippen molar-refractivity contribution in [2.45, 2.75) is 52.4 Å². The largest absolute Gasteiger partial charge is 0.304 e. The second-order valence-corrected chi connectivity index (χ2v) is 7.44. The summed E-state index contributed by atoms with van der Waals surface area (Å²) in [7, 11) is 0. The van der Waals surface area contributed by atoms with Gasteiger partial charge in [-0.25, -0.2) is 0 Å². The van der Waals surface area contributed by atoms with Gasteiger partial charge >= 0.3 is 0 Å². The van der Waals surface area contributed by atoms with Gasteiger partial charge in [0.15, 0.2) is 11.0 Å². The van der Waals surface area contributed by atoms with Crippen LogP contribution in [0.4, 0.5) is 0 Å². The van der Waals surface area contributed by atoms with Crippen molar-refractivity contribution in [3.8, 4) is 0 Å². The number of nitrogens with one attached hydrogen (secondary N) is 1. The third-order valence-corrected chi connectivity index (χ3v) is 5.56. The molecule has 2 rings (SSSR count). The average molecular weight is 393 g/mol. The summed E-state index contributed by atoms with van der Waals surface area (Å²) in [6, 6.07) is 0. The number of rotatable bonds is 10. The molecule has 2 amide bonds. The zero-order valence-electron chi connectivity index (χ0n) is 16.6. The summed E-state index contributed by atoms with van der Waals surface area (Å²) >= 11 is 5.21. The fourth-order valence-corrected chi connectivity index (χ4v) is 3.75. The molecule has 1 atom stereocenters. The standard InChI is InChI=1S/C20H32N4O2S/c1-3-23(4-2)13-8-12-21-15-17-18(25)22-20(27)24(19(17)26)14-11-16-9-6-5-7-10-16/h9,15,17H,3-8,10-14H2,1-2H3,(H,22,25,27). The molecule has 1 aliphatic carbocycles. The van der Waals surface area contributed by atoms with Crippen LogP contribution in [0.15, 0.2) is 16.6 Å². The Labute approximate surface area is 168 Å². The Morgan fingerprint density at radius 3 is 2.78 bits per heavy atom. The molecule has 0 radical (unpaired) electrons. The summed E-state index contributed by atoms with van der Waals surface area (Å²) in [5.41, 5.74) is 1.38. The summed E-state index contributed by atoms with van der Waals surface area (Å²) in [6.45, 7) is 8.43. The summed E-state index contributed by atoms with van der Waals surface area (Å²) in [5.74, 6) is -1.50. The van der Waals surface area contributed by atoms with Gasteiger partial charge in [0.2, 0.25) is 11.8 Å². The monoisotopic (exact) mass is 392 g/mol. The van der Waals surface area contributed by atoms with E-state index in [9.17, 15) is 9.59 Å². The Morgan fingerprint density at radius 1 is 1.33 bits per heavy atom. The van der Waals surface area contributed by atoms with Crippen molar-refractivity contribution in [1.82, 2.24) is 15.1 Å². The number of nitrogens with zero attached hydrogens (tertiary/aromatic N) is 3. The first-order valence-electron chi connectivity index (χ1n) is 10.1. The van der Waals surface area contributed by atoms with Crippen LogP contribution in [0.25, 0.3) is 0 Å². The van der Waals surface area contributed by atoms with Crippen LogP contribution in [0, 0.1) is 5.92 Å². The van der Waals surface area contributed by atoms with Gasteiger partial charge in [-0.15, -0.1) is 0 Å². The number of carbonyl (C=O) groups excluding carboxylic acids is 2. The van der Waals surface area contributed by atoms with Crippen molar-refractivity contribution in [2.24, 2.45) is 10.9 Å². The molecule has 1 fully saturated rings. The van der Waals surface area contributed by atoms with Crippen LogP contribution in [-0.2, 0) is 9.59 Å². The normalized spacial score (nSPS) is 21.1. The van der Waals surface area contributed by atoms with Gasteiger partial charge in [-0.3, -0.25) is 19.5 Å². The molecular weight excluding hydrogens is 360 g/mol. The maximum atomic E-state index is 12.7. The molecule has 1 unspecified atom stereocenters. The highest BCUT2D eigenvalue weighted by Crippen LogP contribution is 2.21. The first-order chi connectivity index (χ1) is 13.1. The minimum atomic E-state index is -0.870. The highest BCUT2D eigenvalue weighted by Gasteiger charge is 2.37. The lowest BCUT2D eigenvalue weighted by atomic mass is 9.97. The molecule has 6 nitrogen and oxygen atoms in total. The molecule has 1 heterocycles. The number of aliphatic imine (C=N–C) groups is 1. The SMILES string of the molecule is CCN(CC)CCCN=CC1C(=O)NC(=S)N(CCC2=CCCCC2)C1=O. The van der Waals surface area contributed by atoms with E-state index in [0.717, 1.165) is 45.3 Å². The minimum absolute atomic E-state index is 0.215. The molecule has 0 aromatic heterocycles. The molecule has 27 heavy (non-hydrogen) atoms. The van der Waals surface area contributed by atoms with Crippen LogP contribution in [0.5, 0.6) is 0 Å². The molecule has 0 spiro atoms. The maximum Gasteiger partial charge on any atom is 0.246 e. The Bertz CT molecular complexity index is 599. The number of carbonyl (C=O) groups is 2. The zero-order valence-corrected chi connectivity index (χ0v) is 17.4. The summed E-state index contributed by atoms with van der Waals surface area (Å²) in [5, 5.41) is 2.87. The van der Waals surface area contributed by atoms with E-state index in [-0.39, 0.29) is 16.9 Å². The Balaban J connectivity index is 1.86. The Morgan fingerprint density at radius 2 is 2.11 bits per heavy atom. The van der Waals surface area contributed by atoms with Crippen LogP contribution in [-0.4, -0.2) is 65.7 Å². The number of amides is 2. The van der Waals surface area contributed by atoms with Gasteiger partial charge in [0.25, 0.3) is 0 Å². The van der Waals surface area contributed by atoms with Crippen LogP contribution in [0.2, 0.25) is 0 Å². The van der Waals surface area contributed by atoms with Crippen molar-refractivity contribution in [1.29, 1.82) is 0 Å². The predicted molar refractivity (Wildman–Crippen MR) is 113 cm³/mol. The van der Waals surface area contributed by atoms with E-state index in [4.69, 9.17) is 12.2 Å². The number of thiocarbonyl (C=S) groups is 1. The van der Waals surface area contributed by atoms with Gasteiger partial charge < -0.3 is 10.2 Å². The van der Waals surface area contributed by atoms with E-state index in [2.05, 4.69) is 35.1 Å². The van der Waals surface area contributed by atoms with Crippen molar-refractivity contribution in [3.63, 3.8) is 0 Å². The Hall–Kier alpha value is -1.60. The van der Waals surface area contributed by atoms with Gasteiger partial charge in [-0.2, -0.15) is 0 Å². The van der Waals surface area contributed by atoms with E-state index in [0.29, 0.717) is 13.1 Å². The van der Waals surface area contributed by atoms with E-state index < -0.39 is 5.92 Å². The first-order valence-corrected chi connectivity index (χ1v) is 10.5. The van der Waals surface area contributed by atoms with E-state index in [1.54, 1.807) is 0 Å². The van der Waals surface area contributed by atoms with Crippen LogP contribution < -0.4 is 5.32 Å². The lowest BCUT2D eigenvalue weighted by Gasteiger charge is -2.31. The van der Waals surface area contributed by atoms with Crippen molar-refractivity contribution < 1.29 is 9.59 Å². The molecule has 7 heteroatoms. The zero-order chi connectivity index (χ0) is 19.6. The smallest absolute Gasteiger partial charge is 0.246 e. The van der Waals surface area contributed by atoms with Gasteiger partial charge in [-0.05, 0) is 70.4 Å². The molecule has 0 aromatic carbocycles. The summed E-state index contributed by atoms with van der Waals surface area (Å²) in [6.07, 6.45) is 10.2. The topological polar surface area (TPSA) is 65.0 Å². The number of allylic oxidation sites excluding steroid dienone is 1. The lowest BCUT2D eigenvalue weighted by molar-refractivity contribution is -0.137. The molecule has 150 valence electrons. The van der Waals surface area contributed by atoms with Crippen molar-refractivity contribution in [2.75, 3.05) is 32.7 Å². The van der Waals surface area contributed by atoms with Gasteiger partial charge in [0, 0.05) is 19.3 Å². The highest BCUT2D eigenvalue weighted by molar-refractivity contribution is 7.80. The molecule has 1 aliphatic heterocycles. The molecule has 1 N–H and O–H groups in total. The molecule has 0 bridgehead atoms. The second kappa shape index (κ2) is 11.3. The van der Waals surface area contributed by atoms with Crippen molar-refractivity contribution in [3.05, 3.63) is 11.6 Å². The highest BCUT2D eigenvalue weighted by atomic mass is 32.1. The number of hydrogen-bond acceptors (Lipinski definition) is 5. The maximum absolute atomic E-state index is 12.7. The fourth-order valence-electron chi connectivity index (χ4n) is 3.47. The van der Waals surface area contributed by atoms with Crippen molar-refractivity contribution >= 4 is 35.4 Å². The second-order valence-electron chi connectivity index (χ2n) is 7.06. The van der Waals surface area contributed by atoms with Gasteiger partial charge in [0.1, 0.15) is 0 Å². The molecule has 0 aromatic rings. The quantitative estimate of drug-likeness (QED) is 0.204. The van der Waals surface area contributed by atoms with E-state index in [1.807, 2.05) is 0 Å². The molecule has 0 saturated carbocycles. The van der Waals surface area contributed by atoms with Crippen LogP contribution in [0.1, 0.15) is 52.4 Å². The first kappa shape index (κ1) is 21.7. The molecule has 1 saturated heterocycles. The fraction of sp³-hybridized carbons (Fsp3) is 0.700. The van der Waals surface area contributed by atoms with E-state index >= 15 is 0 Å². The third kappa shape index (κ3) is 6.50. The number of hydrogen-bond donors (Lipinski definition) is 1. The molecule has 2 aliphatic rings. The minimum Gasteiger partial charge on any atom is -0.304 e. The van der Waals surface area contributed by atoms with Gasteiger partial charge in [0.05, 0.1) is 0 Å². The summed E-state index contributed by atoms with van der Waals surface area (Å²) < 4.78 is 0. The summed E-state index contributed by atoms with van der Waals surface area (Å²) in [4.78, 5) is 33.1. The molecular formula is C20H32N4O2S. The van der Waals surface area contributed by atoms with Crippen LogP contribution in [0.3, 0.4) is 0 Å². The van der Waals surface area contributed by atoms with E-state index in [1.165, 1.54) is 29.5 Å². The Kier molecular flexibility index (Phi) is 9.07.